The summed E-state index contributed by atoms with van der Waals surface area (Å²) < 4.78 is 6.35. The van der Waals surface area contributed by atoms with E-state index >= 15 is 0 Å². The SMILES string of the molecule is C[C@H](CO)N1C[C@H](C)[C@H](CN(C)C(=O)Cc2cccnc2)Oc2ncc(C3=CCCCC3)cc2C1=O. The van der Waals surface area contributed by atoms with Crippen molar-refractivity contribution >= 4 is 17.4 Å². The van der Waals surface area contributed by atoms with Crippen LogP contribution in [0.4, 0.5) is 0 Å². The number of carbonyl (C=O) groups excluding carboxylic acids is 2. The minimum atomic E-state index is -0.375. The van der Waals surface area contributed by atoms with Gasteiger partial charge in [0.1, 0.15) is 11.7 Å². The fourth-order valence-electron chi connectivity index (χ4n) is 4.78. The Morgan fingerprint density at radius 3 is 2.86 bits per heavy atom. The minimum absolute atomic E-state index is 0.0368. The van der Waals surface area contributed by atoms with Crippen molar-refractivity contribution in [1.29, 1.82) is 0 Å². The van der Waals surface area contributed by atoms with Gasteiger partial charge in [0.25, 0.3) is 5.91 Å². The van der Waals surface area contributed by atoms with Gasteiger partial charge in [-0.1, -0.05) is 19.1 Å². The van der Waals surface area contributed by atoms with Crippen molar-refractivity contribution in [3.8, 4) is 5.88 Å². The van der Waals surface area contributed by atoms with Crippen molar-refractivity contribution in [3.63, 3.8) is 0 Å². The van der Waals surface area contributed by atoms with Gasteiger partial charge in [-0.2, -0.15) is 0 Å². The van der Waals surface area contributed by atoms with Gasteiger partial charge in [-0.15, -0.1) is 0 Å². The van der Waals surface area contributed by atoms with Gasteiger partial charge in [-0.3, -0.25) is 14.6 Å². The number of fused-ring (bicyclic) bond motifs is 1. The van der Waals surface area contributed by atoms with E-state index in [2.05, 4.69) is 16.0 Å². The highest BCUT2D eigenvalue weighted by Gasteiger charge is 2.35. The second kappa shape index (κ2) is 11.6. The third-order valence-corrected chi connectivity index (χ3v) is 7.14. The van der Waals surface area contributed by atoms with Gasteiger partial charge in [0.2, 0.25) is 11.8 Å². The van der Waals surface area contributed by atoms with Gasteiger partial charge in [-0.25, -0.2) is 4.98 Å². The van der Waals surface area contributed by atoms with E-state index in [0.717, 1.165) is 30.4 Å². The van der Waals surface area contributed by atoms with Crippen LogP contribution in [-0.2, 0) is 11.2 Å². The number of likely N-dealkylation sites (N-methyl/N-ethyl adjacent to an activating group) is 1. The Labute approximate surface area is 213 Å². The van der Waals surface area contributed by atoms with E-state index in [4.69, 9.17) is 4.74 Å². The van der Waals surface area contributed by atoms with E-state index in [1.54, 1.807) is 35.4 Å². The smallest absolute Gasteiger partial charge is 0.259 e. The summed E-state index contributed by atoms with van der Waals surface area (Å²) in [5, 5.41) is 9.88. The number of pyridine rings is 2. The normalized spacial score (nSPS) is 20.9. The summed E-state index contributed by atoms with van der Waals surface area (Å²) >= 11 is 0. The molecule has 3 heterocycles. The van der Waals surface area contributed by atoms with Gasteiger partial charge in [-0.05, 0) is 61.4 Å². The lowest BCUT2D eigenvalue weighted by molar-refractivity contribution is -0.130. The van der Waals surface area contributed by atoms with Crippen LogP contribution in [0.3, 0.4) is 0 Å². The molecular formula is C28H36N4O4. The lowest BCUT2D eigenvalue weighted by Gasteiger charge is -2.37. The summed E-state index contributed by atoms with van der Waals surface area (Å²) in [4.78, 5) is 38.6. The van der Waals surface area contributed by atoms with E-state index in [1.807, 2.05) is 32.0 Å². The van der Waals surface area contributed by atoms with Crippen LogP contribution >= 0.6 is 0 Å². The van der Waals surface area contributed by atoms with Crippen LogP contribution in [0.2, 0.25) is 0 Å². The molecule has 3 atom stereocenters. The Balaban J connectivity index is 1.61. The number of amides is 2. The van der Waals surface area contributed by atoms with Crippen molar-refractivity contribution in [2.75, 3.05) is 26.7 Å². The Hall–Kier alpha value is -3.26. The number of allylic oxidation sites excluding steroid dienone is 2. The van der Waals surface area contributed by atoms with Gasteiger partial charge in [0.05, 0.1) is 25.6 Å². The molecule has 0 aromatic carbocycles. The van der Waals surface area contributed by atoms with E-state index < -0.39 is 0 Å². The molecule has 8 heteroatoms. The lowest BCUT2D eigenvalue weighted by atomic mass is 9.93. The molecule has 2 aromatic rings. The quantitative estimate of drug-likeness (QED) is 0.637. The topological polar surface area (TPSA) is 95.9 Å². The zero-order valence-electron chi connectivity index (χ0n) is 21.4. The maximum Gasteiger partial charge on any atom is 0.259 e. The van der Waals surface area contributed by atoms with Crippen LogP contribution in [0.25, 0.3) is 5.57 Å². The molecule has 1 N–H and O–H groups in total. The molecule has 2 amide bonds. The highest BCUT2D eigenvalue weighted by molar-refractivity contribution is 5.97. The Bertz CT molecular complexity index is 1100. The summed E-state index contributed by atoms with van der Waals surface area (Å²) in [6.45, 7) is 4.46. The van der Waals surface area contributed by atoms with Gasteiger partial charge in [0, 0.05) is 38.1 Å². The molecule has 0 fully saturated rings. The Morgan fingerprint density at radius 1 is 1.33 bits per heavy atom. The number of aromatic nitrogens is 2. The molecule has 4 rings (SSSR count). The fraction of sp³-hybridized carbons (Fsp3) is 0.500. The number of aliphatic hydroxyl groups excluding tert-OH is 1. The summed E-state index contributed by atoms with van der Waals surface area (Å²) in [6.07, 6.45) is 11.6. The number of carbonyl (C=O) groups is 2. The number of hydrogen-bond acceptors (Lipinski definition) is 6. The first-order valence-corrected chi connectivity index (χ1v) is 12.8. The number of aliphatic hydroxyl groups is 1. The molecule has 0 unspecified atom stereocenters. The second-order valence-electron chi connectivity index (χ2n) is 9.99. The van der Waals surface area contributed by atoms with Crippen molar-refractivity contribution in [1.82, 2.24) is 19.8 Å². The van der Waals surface area contributed by atoms with E-state index in [9.17, 15) is 14.7 Å². The van der Waals surface area contributed by atoms with Crippen LogP contribution in [0, 0.1) is 5.92 Å². The standard InChI is InChI=1S/C28H36N4O4/c1-19-16-32(20(2)18-33)28(35)24-13-23(22-9-5-4-6-10-22)15-30-27(24)36-25(19)17-31(3)26(34)12-21-8-7-11-29-14-21/h7-9,11,13-15,19-20,25,33H,4-6,10,12,16-18H2,1-3H3/t19-,20+,25-/m0/s1. The molecule has 1 aliphatic heterocycles. The van der Waals surface area contributed by atoms with Gasteiger partial charge in [0.15, 0.2) is 0 Å². The van der Waals surface area contributed by atoms with Crippen LogP contribution < -0.4 is 4.74 Å². The average Bonchev–Trinajstić information content (AvgIpc) is 2.91. The van der Waals surface area contributed by atoms with Crippen LogP contribution in [-0.4, -0.2) is 75.6 Å². The molecule has 0 radical (unpaired) electrons. The maximum atomic E-state index is 13.6. The van der Waals surface area contributed by atoms with Crippen molar-refractivity contribution in [2.24, 2.45) is 5.92 Å². The lowest BCUT2D eigenvalue weighted by Crippen LogP contribution is -2.50. The number of hydrogen-bond donors (Lipinski definition) is 1. The first-order chi connectivity index (χ1) is 17.4. The maximum absolute atomic E-state index is 13.6. The molecule has 8 nitrogen and oxygen atoms in total. The molecule has 2 aliphatic rings. The summed E-state index contributed by atoms with van der Waals surface area (Å²) in [6, 6.07) is 5.22. The minimum Gasteiger partial charge on any atom is -0.472 e. The highest BCUT2D eigenvalue weighted by Crippen LogP contribution is 2.32. The van der Waals surface area contributed by atoms with Crippen molar-refractivity contribution in [2.45, 2.75) is 58.1 Å². The van der Waals surface area contributed by atoms with E-state index in [0.29, 0.717) is 18.7 Å². The molecule has 0 spiro atoms. The molecule has 1 aliphatic carbocycles. The number of ether oxygens (including phenoxy) is 1. The highest BCUT2D eigenvalue weighted by atomic mass is 16.5. The van der Waals surface area contributed by atoms with E-state index in [-0.39, 0.29) is 48.8 Å². The molecule has 0 saturated carbocycles. The third-order valence-electron chi connectivity index (χ3n) is 7.14. The zero-order chi connectivity index (χ0) is 25.7. The predicted molar refractivity (Wildman–Crippen MR) is 137 cm³/mol. The second-order valence-corrected chi connectivity index (χ2v) is 9.99. The first-order valence-electron chi connectivity index (χ1n) is 12.8. The molecule has 0 bridgehead atoms. The largest absolute Gasteiger partial charge is 0.472 e. The average molecular weight is 493 g/mol. The van der Waals surface area contributed by atoms with Crippen LogP contribution in [0.15, 0.2) is 42.9 Å². The van der Waals surface area contributed by atoms with Gasteiger partial charge < -0.3 is 19.6 Å². The van der Waals surface area contributed by atoms with E-state index in [1.165, 1.54) is 12.0 Å². The predicted octanol–water partition coefficient (Wildman–Crippen LogP) is 3.36. The number of nitrogens with zero attached hydrogens (tertiary/aromatic N) is 4. The Morgan fingerprint density at radius 2 is 2.17 bits per heavy atom. The molecule has 0 saturated heterocycles. The summed E-state index contributed by atoms with van der Waals surface area (Å²) in [5.41, 5.74) is 3.40. The fourth-order valence-corrected chi connectivity index (χ4v) is 4.78. The van der Waals surface area contributed by atoms with Gasteiger partial charge >= 0.3 is 0 Å². The van der Waals surface area contributed by atoms with Crippen molar-refractivity contribution < 1.29 is 19.4 Å². The number of rotatable bonds is 7. The van der Waals surface area contributed by atoms with Crippen molar-refractivity contribution in [3.05, 3.63) is 59.6 Å². The molecule has 36 heavy (non-hydrogen) atoms. The molecule has 192 valence electrons. The molecular weight excluding hydrogens is 456 g/mol. The van der Waals surface area contributed by atoms with Crippen LogP contribution in [0.5, 0.6) is 5.88 Å². The summed E-state index contributed by atoms with van der Waals surface area (Å²) in [5.74, 6) is -0.0406. The monoisotopic (exact) mass is 492 g/mol. The summed E-state index contributed by atoms with van der Waals surface area (Å²) in [7, 11) is 1.76. The first kappa shape index (κ1) is 25.8. The molecule has 2 aromatic heterocycles. The third kappa shape index (κ3) is 5.93. The Kier molecular flexibility index (Phi) is 8.36. The zero-order valence-corrected chi connectivity index (χ0v) is 21.4. The van der Waals surface area contributed by atoms with Crippen LogP contribution in [0.1, 0.15) is 61.0 Å².